The van der Waals surface area contributed by atoms with Crippen LogP contribution in [-0.4, -0.2) is 14.3 Å². The van der Waals surface area contributed by atoms with Gasteiger partial charge in [-0.3, -0.25) is 4.79 Å². The Balaban J connectivity index is 3.55. The zero-order chi connectivity index (χ0) is 11.8. The summed E-state index contributed by atoms with van der Waals surface area (Å²) in [4.78, 5) is 11.0. The Bertz CT molecular complexity index is 520. The van der Waals surface area contributed by atoms with Crippen molar-refractivity contribution < 1.29 is 13.2 Å². The number of rotatable bonds is 2. The Kier molecular flexibility index (Phi) is 2.83. The van der Waals surface area contributed by atoms with Crippen molar-refractivity contribution >= 4 is 15.9 Å². The first-order valence-corrected chi connectivity index (χ1v) is 5.72. The number of amides is 1. The summed E-state index contributed by atoms with van der Waals surface area (Å²) in [5, 5.41) is 5.01. The molecule has 1 amide bonds. The molecule has 0 aliphatic carbocycles. The number of primary sulfonamides is 1. The maximum Gasteiger partial charge on any atom is 0.248 e. The molecule has 1 aromatic carbocycles. The Morgan fingerprint density at radius 2 is 1.73 bits per heavy atom. The lowest BCUT2D eigenvalue weighted by molar-refractivity contribution is 0.0999. The third kappa shape index (κ3) is 2.16. The second-order valence-electron chi connectivity index (χ2n) is 3.27. The molecule has 0 aliphatic rings. The second kappa shape index (κ2) is 3.63. The molecule has 0 spiro atoms. The van der Waals surface area contributed by atoms with E-state index < -0.39 is 15.9 Å². The molecule has 15 heavy (non-hydrogen) atoms. The summed E-state index contributed by atoms with van der Waals surface area (Å²) in [6, 6.07) is 2.65. The van der Waals surface area contributed by atoms with Crippen molar-refractivity contribution in [2.45, 2.75) is 18.7 Å². The molecular weight excluding hydrogens is 216 g/mol. The highest BCUT2D eigenvalue weighted by molar-refractivity contribution is 7.89. The molecule has 0 saturated heterocycles. The van der Waals surface area contributed by atoms with Crippen LogP contribution in [0.15, 0.2) is 17.0 Å². The molecule has 0 saturated carbocycles. The van der Waals surface area contributed by atoms with E-state index in [-0.39, 0.29) is 4.90 Å². The van der Waals surface area contributed by atoms with Crippen LogP contribution in [0.5, 0.6) is 0 Å². The summed E-state index contributed by atoms with van der Waals surface area (Å²) in [6.07, 6.45) is 0. The first-order valence-electron chi connectivity index (χ1n) is 4.18. The maximum absolute atomic E-state index is 11.1. The fraction of sp³-hybridized carbons (Fsp3) is 0.222. The summed E-state index contributed by atoms with van der Waals surface area (Å²) in [5.41, 5.74) is 6.42. The first kappa shape index (κ1) is 11.7. The van der Waals surface area contributed by atoms with Crippen molar-refractivity contribution in [3.63, 3.8) is 0 Å². The van der Waals surface area contributed by atoms with Crippen LogP contribution < -0.4 is 10.9 Å². The number of nitrogens with two attached hydrogens (primary N) is 2. The molecule has 0 unspecified atom stereocenters. The number of sulfonamides is 1. The van der Waals surface area contributed by atoms with Gasteiger partial charge in [-0.1, -0.05) is 0 Å². The van der Waals surface area contributed by atoms with Crippen LogP contribution in [0, 0.1) is 13.8 Å². The zero-order valence-electron chi connectivity index (χ0n) is 8.44. The molecule has 82 valence electrons. The maximum atomic E-state index is 11.1. The Labute approximate surface area is 88.1 Å². The molecule has 0 atom stereocenters. The van der Waals surface area contributed by atoms with Crippen LogP contribution in [0.2, 0.25) is 0 Å². The molecule has 1 rings (SSSR count). The lowest BCUT2D eigenvalue weighted by Crippen LogP contribution is -2.17. The van der Waals surface area contributed by atoms with Gasteiger partial charge in [-0.15, -0.1) is 0 Å². The number of hydrogen-bond donors (Lipinski definition) is 2. The van der Waals surface area contributed by atoms with Gasteiger partial charge < -0.3 is 5.73 Å². The summed E-state index contributed by atoms with van der Waals surface area (Å²) in [5.74, 6) is -0.587. The van der Waals surface area contributed by atoms with Gasteiger partial charge in [0, 0.05) is 5.56 Å². The van der Waals surface area contributed by atoms with E-state index in [0.29, 0.717) is 16.7 Å². The van der Waals surface area contributed by atoms with Crippen molar-refractivity contribution in [3.8, 4) is 0 Å². The van der Waals surface area contributed by atoms with Crippen LogP contribution in [0.1, 0.15) is 21.5 Å². The number of carbonyl (C=O) groups excluding carboxylic acids is 1. The predicted molar refractivity (Wildman–Crippen MR) is 55.8 cm³/mol. The molecule has 6 heteroatoms. The molecule has 1 aromatic rings. The minimum Gasteiger partial charge on any atom is -0.366 e. The van der Waals surface area contributed by atoms with Gasteiger partial charge in [0.15, 0.2) is 0 Å². The number of primary amides is 1. The van der Waals surface area contributed by atoms with Crippen LogP contribution in [0.3, 0.4) is 0 Å². The second-order valence-corrected chi connectivity index (χ2v) is 4.80. The Morgan fingerprint density at radius 1 is 1.20 bits per heavy atom. The Morgan fingerprint density at radius 3 is 2.13 bits per heavy atom. The summed E-state index contributed by atoms with van der Waals surface area (Å²) < 4.78 is 22.3. The Hall–Kier alpha value is -1.40. The summed E-state index contributed by atoms with van der Waals surface area (Å²) in [6.45, 7) is 3.21. The van der Waals surface area contributed by atoms with Gasteiger partial charge in [0.1, 0.15) is 0 Å². The van der Waals surface area contributed by atoms with Gasteiger partial charge in [-0.05, 0) is 37.1 Å². The number of hydrogen-bond acceptors (Lipinski definition) is 3. The molecule has 5 nitrogen and oxygen atoms in total. The minimum absolute atomic E-state index is 0.0185. The van der Waals surface area contributed by atoms with Gasteiger partial charge in [-0.25, -0.2) is 13.6 Å². The highest BCUT2D eigenvalue weighted by atomic mass is 32.2. The zero-order valence-corrected chi connectivity index (χ0v) is 9.26. The SMILES string of the molecule is Cc1c(C(N)=O)ccc(S(N)(=O)=O)c1C. The van der Waals surface area contributed by atoms with Gasteiger partial charge in [0.25, 0.3) is 0 Å². The lowest BCUT2D eigenvalue weighted by Gasteiger charge is -2.09. The van der Waals surface area contributed by atoms with Gasteiger partial charge in [-0.2, -0.15) is 0 Å². The fourth-order valence-corrected chi connectivity index (χ4v) is 2.21. The average molecular weight is 228 g/mol. The number of benzene rings is 1. The molecule has 0 heterocycles. The predicted octanol–water partition coefficient (Wildman–Crippen LogP) is 0.0497. The van der Waals surface area contributed by atoms with E-state index in [1.807, 2.05) is 0 Å². The highest BCUT2D eigenvalue weighted by Crippen LogP contribution is 2.20. The smallest absolute Gasteiger partial charge is 0.248 e. The monoisotopic (exact) mass is 228 g/mol. The largest absolute Gasteiger partial charge is 0.366 e. The van der Waals surface area contributed by atoms with Crippen LogP contribution in [-0.2, 0) is 10.0 Å². The van der Waals surface area contributed by atoms with E-state index in [2.05, 4.69) is 0 Å². The van der Waals surface area contributed by atoms with E-state index >= 15 is 0 Å². The van der Waals surface area contributed by atoms with Crippen molar-refractivity contribution in [3.05, 3.63) is 28.8 Å². The van der Waals surface area contributed by atoms with Crippen molar-refractivity contribution in [2.24, 2.45) is 10.9 Å². The van der Waals surface area contributed by atoms with Crippen molar-refractivity contribution in [1.29, 1.82) is 0 Å². The molecule has 0 aromatic heterocycles. The van der Waals surface area contributed by atoms with E-state index in [1.54, 1.807) is 13.8 Å². The van der Waals surface area contributed by atoms with Gasteiger partial charge in [0.2, 0.25) is 15.9 Å². The third-order valence-electron chi connectivity index (χ3n) is 2.31. The highest BCUT2D eigenvalue weighted by Gasteiger charge is 2.16. The molecule has 0 fully saturated rings. The van der Waals surface area contributed by atoms with Crippen molar-refractivity contribution in [2.75, 3.05) is 0 Å². The normalized spacial score (nSPS) is 11.4. The first-order chi connectivity index (χ1) is 6.75. The molecule has 0 aliphatic heterocycles. The van der Waals surface area contributed by atoms with E-state index in [9.17, 15) is 13.2 Å². The quantitative estimate of drug-likeness (QED) is 0.747. The fourth-order valence-electron chi connectivity index (χ4n) is 1.37. The minimum atomic E-state index is -3.75. The van der Waals surface area contributed by atoms with Crippen LogP contribution in [0.4, 0.5) is 0 Å². The van der Waals surface area contributed by atoms with Crippen LogP contribution in [0.25, 0.3) is 0 Å². The molecular formula is C9H12N2O3S. The number of carbonyl (C=O) groups is 1. The average Bonchev–Trinajstić information content (AvgIpc) is 2.06. The summed E-state index contributed by atoms with van der Waals surface area (Å²) in [7, 11) is -3.75. The topological polar surface area (TPSA) is 103 Å². The van der Waals surface area contributed by atoms with Crippen molar-refractivity contribution in [1.82, 2.24) is 0 Å². The molecule has 0 bridgehead atoms. The van der Waals surface area contributed by atoms with E-state index in [1.165, 1.54) is 12.1 Å². The summed E-state index contributed by atoms with van der Waals surface area (Å²) >= 11 is 0. The van der Waals surface area contributed by atoms with Crippen LogP contribution >= 0.6 is 0 Å². The lowest BCUT2D eigenvalue weighted by atomic mass is 10.0. The molecule has 4 N–H and O–H groups in total. The van der Waals surface area contributed by atoms with Gasteiger partial charge in [0.05, 0.1) is 4.90 Å². The molecule has 0 radical (unpaired) electrons. The standard InChI is InChI=1S/C9H12N2O3S/c1-5-6(2)8(15(11,13)14)4-3-7(5)9(10)12/h3-4H,1-2H3,(H2,10,12)(H2,11,13,14). The van der Waals surface area contributed by atoms with Gasteiger partial charge >= 0.3 is 0 Å². The van der Waals surface area contributed by atoms with E-state index in [0.717, 1.165) is 0 Å². The van der Waals surface area contributed by atoms with E-state index in [4.69, 9.17) is 10.9 Å². The third-order valence-corrected chi connectivity index (χ3v) is 3.36.